The maximum Gasteiger partial charge on any atom is 0.302 e. The van der Waals surface area contributed by atoms with Crippen molar-refractivity contribution in [3.05, 3.63) is 11.6 Å². The van der Waals surface area contributed by atoms with E-state index in [1.165, 1.54) is 50.0 Å². The van der Waals surface area contributed by atoms with E-state index >= 15 is 0 Å². The Bertz CT molecular complexity index is 697. The van der Waals surface area contributed by atoms with Crippen LogP contribution >= 0.6 is 23.5 Å². The highest BCUT2D eigenvalue weighted by Gasteiger charge is 2.61. The average molecular weight is 421 g/mol. The first-order valence-electron chi connectivity index (χ1n) is 11.5. The van der Waals surface area contributed by atoms with E-state index in [2.05, 4.69) is 50.4 Å². The highest BCUT2D eigenvalue weighted by Crippen LogP contribution is 2.68. The van der Waals surface area contributed by atoms with Crippen LogP contribution in [0.1, 0.15) is 72.6 Å². The molecule has 0 radical (unpaired) electrons. The number of thioether (sulfide) groups is 2. The minimum atomic E-state index is -0.0904. The molecule has 1 aliphatic heterocycles. The maximum absolute atomic E-state index is 11.7. The fourth-order valence-corrected chi connectivity index (χ4v) is 11.2. The second kappa shape index (κ2) is 6.70. The van der Waals surface area contributed by atoms with Crippen molar-refractivity contribution < 1.29 is 9.53 Å². The van der Waals surface area contributed by atoms with Gasteiger partial charge >= 0.3 is 5.97 Å². The molecule has 3 saturated carbocycles. The molecule has 4 heteroatoms. The van der Waals surface area contributed by atoms with Crippen LogP contribution < -0.4 is 0 Å². The number of hydrogen-bond acceptors (Lipinski definition) is 4. The van der Waals surface area contributed by atoms with Crippen molar-refractivity contribution in [2.75, 3.05) is 11.5 Å². The predicted octanol–water partition coefficient (Wildman–Crippen LogP) is 6.30. The second-order valence-corrected chi connectivity index (χ2v) is 13.9. The van der Waals surface area contributed by atoms with E-state index in [1.54, 1.807) is 12.5 Å². The molecule has 0 amide bonds. The van der Waals surface area contributed by atoms with Crippen molar-refractivity contribution in [2.45, 2.75) is 82.8 Å². The van der Waals surface area contributed by atoms with Gasteiger partial charge in [-0.15, -0.1) is 23.5 Å². The van der Waals surface area contributed by atoms with Gasteiger partial charge in [0.1, 0.15) is 6.10 Å². The number of carbonyl (C=O) groups is 1. The van der Waals surface area contributed by atoms with Crippen LogP contribution in [0.5, 0.6) is 0 Å². The van der Waals surface area contributed by atoms with Gasteiger partial charge in [-0.3, -0.25) is 4.79 Å². The topological polar surface area (TPSA) is 26.3 Å². The molecule has 4 aliphatic carbocycles. The molecule has 4 fully saturated rings. The van der Waals surface area contributed by atoms with Crippen LogP contribution in [0.15, 0.2) is 11.6 Å². The third kappa shape index (κ3) is 2.79. The van der Waals surface area contributed by atoms with Crippen LogP contribution in [0.4, 0.5) is 0 Å². The largest absolute Gasteiger partial charge is 0.462 e. The SMILES string of the molecule is CC(=O)O[C@H]1CC[C@H]2[C@@H]3C[C@H](C)C4=CC5(CC[C@]4(C)[C@H]3CC[C@]12C)SCCS5. The number of allylic oxidation sites excluding steroid dienone is 1. The lowest BCUT2D eigenvalue weighted by Gasteiger charge is -2.60. The second-order valence-electron chi connectivity index (χ2n) is 10.8. The number of rotatable bonds is 1. The Labute approximate surface area is 179 Å². The lowest BCUT2D eigenvalue weighted by Crippen LogP contribution is -2.53. The first-order chi connectivity index (χ1) is 13.3. The predicted molar refractivity (Wildman–Crippen MR) is 119 cm³/mol. The molecule has 2 nitrogen and oxygen atoms in total. The monoisotopic (exact) mass is 420 g/mol. The van der Waals surface area contributed by atoms with Crippen molar-refractivity contribution in [3.63, 3.8) is 0 Å². The summed E-state index contributed by atoms with van der Waals surface area (Å²) in [6.07, 6.45) is 11.9. The van der Waals surface area contributed by atoms with Crippen molar-refractivity contribution in [3.8, 4) is 0 Å². The molecular weight excluding hydrogens is 384 g/mol. The van der Waals surface area contributed by atoms with E-state index in [0.717, 1.165) is 24.2 Å². The van der Waals surface area contributed by atoms with E-state index < -0.39 is 0 Å². The fraction of sp³-hybridized carbons (Fsp3) is 0.875. The van der Waals surface area contributed by atoms with Crippen LogP contribution in [0.2, 0.25) is 0 Å². The minimum absolute atomic E-state index is 0.0904. The van der Waals surface area contributed by atoms with Gasteiger partial charge in [-0.25, -0.2) is 0 Å². The van der Waals surface area contributed by atoms with Gasteiger partial charge in [-0.05, 0) is 74.0 Å². The number of carbonyl (C=O) groups excluding carboxylic acids is 1. The Morgan fingerprint density at radius 2 is 1.82 bits per heavy atom. The van der Waals surface area contributed by atoms with Gasteiger partial charge in [-0.1, -0.05) is 32.4 Å². The Hall–Kier alpha value is -0.0900. The molecule has 0 aromatic carbocycles. The highest BCUT2D eigenvalue weighted by molar-refractivity contribution is 8.21. The fourth-order valence-electron chi connectivity index (χ4n) is 8.14. The molecule has 7 atom stereocenters. The third-order valence-electron chi connectivity index (χ3n) is 9.44. The summed E-state index contributed by atoms with van der Waals surface area (Å²) in [5, 5.41) is 0. The molecule has 5 rings (SSSR count). The summed E-state index contributed by atoms with van der Waals surface area (Å²) in [7, 11) is 0. The van der Waals surface area contributed by atoms with E-state index in [1.807, 2.05) is 0 Å². The van der Waals surface area contributed by atoms with Crippen LogP contribution in [0.3, 0.4) is 0 Å². The lowest BCUT2D eigenvalue weighted by atomic mass is 9.45. The quantitative estimate of drug-likeness (QED) is 0.367. The Morgan fingerprint density at radius 1 is 1.07 bits per heavy atom. The van der Waals surface area contributed by atoms with Crippen LogP contribution in [-0.2, 0) is 9.53 Å². The summed E-state index contributed by atoms with van der Waals surface area (Å²) < 4.78 is 6.23. The highest BCUT2D eigenvalue weighted by atomic mass is 32.2. The molecular formula is C24H36O2S2. The minimum Gasteiger partial charge on any atom is -0.462 e. The first kappa shape index (κ1) is 19.8. The van der Waals surface area contributed by atoms with E-state index in [9.17, 15) is 4.79 Å². The standard InChI is InChI=1S/C24H36O2S2/c1-15-13-17-18-5-6-21(26-16(2)25)23(18,4)8-7-19(17)22(3)9-10-24(14-20(15)22)27-11-12-28-24/h14-15,17-19,21H,5-13H2,1-4H3/t15-,17-,18-,19-,21-,22+,23-/m0/s1. The van der Waals surface area contributed by atoms with Gasteiger partial charge in [0, 0.05) is 23.8 Å². The number of esters is 1. The zero-order valence-electron chi connectivity index (χ0n) is 18.0. The van der Waals surface area contributed by atoms with Crippen LogP contribution in [0, 0.1) is 34.5 Å². The molecule has 0 bridgehead atoms. The molecule has 0 N–H and O–H groups in total. The zero-order valence-corrected chi connectivity index (χ0v) is 19.6. The van der Waals surface area contributed by atoms with Crippen molar-refractivity contribution in [1.29, 1.82) is 0 Å². The smallest absolute Gasteiger partial charge is 0.302 e. The van der Waals surface area contributed by atoms with Crippen molar-refractivity contribution >= 4 is 29.5 Å². The zero-order chi connectivity index (χ0) is 19.7. The van der Waals surface area contributed by atoms with Gasteiger partial charge < -0.3 is 4.74 Å². The number of fused-ring (bicyclic) bond motifs is 5. The summed E-state index contributed by atoms with van der Waals surface area (Å²) in [6.45, 7) is 9.15. The summed E-state index contributed by atoms with van der Waals surface area (Å²) >= 11 is 4.42. The molecule has 5 aliphatic rings. The van der Waals surface area contributed by atoms with Gasteiger partial charge in [0.25, 0.3) is 0 Å². The van der Waals surface area contributed by atoms with Crippen LogP contribution in [-0.4, -0.2) is 27.7 Å². The molecule has 1 saturated heterocycles. The number of hydrogen-bond donors (Lipinski definition) is 0. The van der Waals surface area contributed by atoms with Gasteiger partial charge in [0.05, 0.1) is 4.08 Å². The van der Waals surface area contributed by atoms with Gasteiger partial charge in [0.2, 0.25) is 0 Å². The normalized spacial score (nSPS) is 49.1. The summed E-state index contributed by atoms with van der Waals surface area (Å²) in [5.41, 5.74) is 2.41. The molecule has 156 valence electrons. The average Bonchev–Trinajstić information content (AvgIpc) is 3.22. The molecule has 0 aromatic rings. The number of ether oxygens (including phenoxy) is 1. The molecule has 1 spiro atoms. The van der Waals surface area contributed by atoms with Gasteiger partial charge in [0.15, 0.2) is 0 Å². The molecule has 0 unspecified atom stereocenters. The molecule has 28 heavy (non-hydrogen) atoms. The summed E-state index contributed by atoms with van der Waals surface area (Å²) in [6, 6.07) is 0. The van der Waals surface area contributed by atoms with Crippen LogP contribution in [0.25, 0.3) is 0 Å². The van der Waals surface area contributed by atoms with Crippen molar-refractivity contribution in [2.24, 2.45) is 34.5 Å². The first-order valence-corrected chi connectivity index (χ1v) is 13.4. The van der Waals surface area contributed by atoms with E-state index in [0.29, 0.717) is 15.4 Å². The third-order valence-corrected chi connectivity index (χ3v) is 12.8. The molecule has 1 heterocycles. The Kier molecular flexibility index (Phi) is 4.75. The Balaban J connectivity index is 1.46. The lowest BCUT2D eigenvalue weighted by molar-refractivity contribution is -0.157. The maximum atomic E-state index is 11.7. The summed E-state index contributed by atoms with van der Waals surface area (Å²) in [4.78, 5) is 11.7. The Morgan fingerprint density at radius 3 is 2.54 bits per heavy atom. The van der Waals surface area contributed by atoms with E-state index in [-0.39, 0.29) is 17.5 Å². The molecule has 0 aromatic heterocycles. The van der Waals surface area contributed by atoms with E-state index in [4.69, 9.17) is 4.74 Å². The van der Waals surface area contributed by atoms with Gasteiger partial charge in [-0.2, -0.15) is 0 Å². The summed E-state index contributed by atoms with van der Waals surface area (Å²) in [5.74, 6) is 5.65. The van der Waals surface area contributed by atoms with Crippen molar-refractivity contribution in [1.82, 2.24) is 0 Å².